The van der Waals surface area contributed by atoms with Gasteiger partial charge in [0.15, 0.2) is 6.61 Å². The normalized spacial score (nSPS) is 7.46. The van der Waals surface area contributed by atoms with E-state index in [2.05, 4.69) is 14.6 Å². The number of carboxylic acids is 1. The van der Waals surface area contributed by atoms with Crippen LogP contribution in [0.3, 0.4) is 0 Å². The first-order chi connectivity index (χ1) is 5.66. The van der Waals surface area contributed by atoms with Crippen LogP contribution in [0.25, 0.3) is 0 Å². The van der Waals surface area contributed by atoms with E-state index in [0.717, 1.165) is 0 Å². The number of hydrogen-bond donors (Lipinski definition) is 0. The number of carbonyl (C=O) groups excluding carboxylic acids is 2. The first kappa shape index (κ1) is 15.7. The molecule has 0 heterocycles. The van der Waals surface area contributed by atoms with E-state index in [-0.39, 0.29) is 49.0 Å². The van der Waals surface area contributed by atoms with Crippen molar-refractivity contribution >= 4 is 34.5 Å². The second-order valence-electron chi connectivity index (χ2n) is 1.80. The smallest absolute Gasteiger partial charge is 0.550 e. The molecule has 0 aromatic carbocycles. The Morgan fingerprint density at radius 1 is 1.38 bits per heavy atom. The molecule has 0 rings (SSSR count). The Morgan fingerprint density at radius 2 is 2.00 bits per heavy atom. The third-order valence-corrected chi connectivity index (χ3v) is 1.29. The molecule has 4 nitrogen and oxygen atoms in total. The number of halogens is 1. The van der Waals surface area contributed by atoms with Crippen LogP contribution >= 0.6 is 22.6 Å². The molecule has 0 unspecified atom stereocenters. The van der Waals surface area contributed by atoms with E-state index >= 15 is 0 Å². The van der Waals surface area contributed by atoms with E-state index in [4.69, 9.17) is 0 Å². The summed E-state index contributed by atoms with van der Waals surface area (Å²) < 4.78 is 7.03. The quantitative estimate of drug-likeness (QED) is 0.234. The van der Waals surface area contributed by atoms with E-state index in [1.54, 1.807) is 0 Å². The maximum atomic E-state index is 10.6. The molecule has 0 radical (unpaired) electrons. The van der Waals surface area contributed by atoms with Crippen molar-refractivity contribution in [3.05, 3.63) is 0 Å². The van der Waals surface area contributed by atoms with Gasteiger partial charge in [-0.25, -0.2) is 0 Å². The van der Waals surface area contributed by atoms with Gasteiger partial charge in [0.25, 0.3) is 0 Å². The Labute approximate surface area is 112 Å². The molecular weight excluding hydrogens is 298 g/mol. The number of esters is 1. The van der Waals surface area contributed by atoms with Gasteiger partial charge in [0.2, 0.25) is 0 Å². The van der Waals surface area contributed by atoms with Gasteiger partial charge in [-0.05, 0) is 10.3 Å². The molecule has 0 fully saturated rings. The number of carbonyl (C=O) groups is 2. The number of carboxylic acid groups (broad SMARTS) is 1. The minimum atomic E-state index is -1.26. The monoisotopic (exact) mass is 304 g/mol. The third kappa shape index (κ3) is 12.2. The van der Waals surface area contributed by atoms with Crippen molar-refractivity contribution in [2.24, 2.45) is 0 Å². The van der Waals surface area contributed by atoms with Crippen LogP contribution in [0, 0.1) is 9.85 Å². The fourth-order valence-corrected chi connectivity index (χ4v) is 0.576. The first-order valence-corrected chi connectivity index (χ1v) is 4.18. The zero-order valence-electron chi connectivity index (χ0n) is 7.13. The molecule has 0 atom stereocenters. The van der Waals surface area contributed by atoms with Crippen LogP contribution < -0.4 is 34.7 Å². The third-order valence-electron chi connectivity index (χ3n) is 0.905. The average molecular weight is 304 g/mol. The Kier molecular flexibility index (Phi) is 12.4. The van der Waals surface area contributed by atoms with Gasteiger partial charge < -0.3 is 14.6 Å². The minimum absolute atomic E-state index is 0. The van der Waals surface area contributed by atoms with Crippen LogP contribution in [0.4, 0.5) is 0 Å². The fraction of sp³-hybridized carbons (Fsp3) is 0.429. The molecule has 0 aromatic heterocycles. The van der Waals surface area contributed by atoms with Crippen LogP contribution in [-0.2, 0) is 14.3 Å². The molecular formula is C7H6INaO4. The first-order valence-electron chi connectivity index (χ1n) is 3.10. The molecule has 0 N–H and O–H groups in total. The van der Waals surface area contributed by atoms with Gasteiger partial charge in [-0.3, -0.25) is 4.79 Å². The molecule has 0 aliphatic heterocycles. The van der Waals surface area contributed by atoms with E-state index in [1.165, 1.54) is 0 Å². The molecule has 0 amide bonds. The fourth-order valence-electron chi connectivity index (χ4n) is 0.420. The van der Waals surface area contributed by atoms with Crippen LogP contribution in [0.15, 0.2) is 0 Å². The van der Waals surface area contributed by atoms with Gasteiger partial charge in [-0.15, -0.1) is 0 Å². The van der Waals surface area contributed by atoms with Gasteiger partial charge in [0, 0.05) is 28.6 Å². The summed E-state index contributed by atoms with van der Waals surface area (Å²) in [5.41, 5.74) is 0. The molecule has 0 aliphatic rings. The number of rotatable bonds is 4. The van der Waals surface area contributed by atoms with Crippen LogP contribution in [0.1, 0.15) is 12.8 Å². The molecule has 0 saturated carbocycles. The summed E-state index contributed by atoms with van der Waals surface area (Å²) in [5.74, 6) is 0.669. The van der Waals surface area contributed by atoms with Gasteiger partial charge in [-0.1, -0.05) is 5.92 Å². The zero-order chi connectivity index (χ0) is 9.40. The Bertz CT molecular complexity index is 230. The Hall–Kier alpha value is 0.230. The van der Waals surface area contributed by atoms with Gasteiger partial charge in [-0.2, -0.15) is 0 Å². The molecule has 0 spiro atoms. The van der Waals surface area contributed by atoms with Crippen molar-refractivity contribution in [2.75, 3.05) is 6.61 Å². The molecule has 6 heteroatoms. The maximum Gasteiger partial charge on any atom is 1.00 e. The maximum absolute atomic E-state index is 10.6. The van der Waals surface area contributed by atoms with E-state index in [9.17, 15) is 14.7 Å². The molecule has 0 saturated heterocycles. The molecule has 0 aliphatic carbocycles. The standard InChI is InChI=1S/C7H7IO4.Na/c8-4-1-5-12-7(11)3-2-6(9)10;/h2-3,5H2,(H,9,10);/q;+1/p-1. The number of ether oxygens (including phenoxy) is 1. The SMILES string of the molecule is O=C([O-])CCC(=O)OCC#CI.[Na+]. The summed E-state index contributed by atoms with van der Waals surface area (Å²) in [7, 11) is 0. The molecule has 13 heavy (non-hydrogen) atoms. The van der Waals surface area contributed by atoms with Gasteiger partial charge in [0.1, 0.15) is 0 Å². The second-order valence-corrected chi connectivity index (χ2v) is 2.34. The number of aliphatic carboxylic acids is 1. The van der Waals surface area contributed by atoms with E-state index in [0.29, 0.717) is 0 Å². The minimum Gasteiger partial charge on any atom is -0.550 e. The largest absolute Gasteiger partial charge is 1.00 e. The van der Waals surface area contributed by atoms with Crippen LogP contribution in [0.5, 0.6) is 0 Å². The topological polar surface area (TPSA) is 66.4 Å². The van der Waals surface area contributed by atoms with Crippen molar-refractivity contribution in [1.82, 2.24) is 0 Å². The van der Waals surface area contributed by atoms with Crippen molar-refractivity contribution in [2.45, 2.75) is 12.8 Å². The summed E-state index contributed by atoms with van der Waals surface area (Å²) in [5, 5.41) is 9.89. The van der Waals surface area contributed by atoms with Crippen molar-refractivity contribution in [3.63, 3.8) is 0 Å². The summed E-state index contributed by atoms with van der Waals surface area (Å²) in [6, 6.07) is 0. The summed E-state index contributed by atoms with van der Waals surface area (Å²) >= 11 is 1.81. The Morgan fingerprint density at radius 3 is 2.46 bits per heavy atom. The van der Waals surface area contributed by atoms with Gasteiger partial charge >= 0.3 is 35.5 Å². The molecule has 66 valence electrons. The number of hydrogen-bond acceptors (Lipinski definition) is 4. The predicted octanol–water partition coefficient (Wildman–Crippen LogP) is -3.54. The molecule has 0 bridgehead atoms. The zero-order valence-corrected chi connectivity index (χ0v) is 11.3. The summed E-state index contributed by atoms with van der Waals surface area (Å²) in [6.45, 7) is 0.00875. The summed E-state index contributed by atoms with van der Waals surface area (Å²) in [6.07, 6.45) is -0.470. The van der Waals surface area contributed by atoms with E-state index < -0.39 is 11.9 Å². The van der Waals surface area contributed by atoms with Crippen LogP contribution in [0.2, 0.25) is 0 Å². The Balaban J connectivity index is 0. The summed E-state index contributed by atoms with van der Waals surface area (Å²) in [4.78, 5) is 20.5. The van der Waals surface area contributed by atoms with E-state index in [1.807, 2.05) is 22.6 Å². The predicted molar refractivity (Wildman–Crippen MR) is 47.0 cm³/mol. The second kappa shape index (κ2) is 10.3. The van der Waals surface area contributed by atoms with Crippen molar-refractivity contribution in [3.8, 4) is 9.85 Å². The van der Waals surface area contributed by atoms with Crippen LogP contribution in [-0.4, -0.2) is 18.5 Å². The van der Waals surface area contributed by atoms with Crippen molar-refractivity contribution < 1.29 is 49.0 Å². The van der Waals surface area contributed by atoms with Crippen molar-refractivity contribution in [1.29, 1.82) is 0 Å². The van der Waals surface area contributed by atoms with Gasteiger partial charge in [0.05, 0.1) is 6.42 Å². The average Bonchev–Trinajstić information content (AvgIpc) is 2.01. The molecule has 0 aromatic rings.